The van der Waals surface area contributed by atoms with Crippen LogP contribution in [-0.4, -0.2) is 27.8 Å². The Morgan fingerprint density at radius 1 is 1.00 bits per heavy atom. The van der Waals surface area contributed by atoms with Gasteiger partial charge in [-0.05, 0) is 25.9 Å². The van der Waals surface area contributed by atoms with E-state index in [4.69, 9.17) is 19.2 Å². The molecule has 5 nitrogen and oxygen atoms in total. The Morgan fingerprint density at radius 3 is 1.27 bits per heavy atom. The monoisotopic (exact) mass is 277 g/mol. The van der Waals surface area contributed by atoms with Crippen LogP contribution in [0.2, 0.25) is 0 Å². The van der Waals surface area contributed by atoms with Crippen LogP contribution in [0.4, 0.5) is 16.8 Å². The predicted molar refractivity (Wildman–Crippen MR) is 49.1 cm³/mol. The van der Waals surface area contributed by atoms with Gasteiger partial charge in [-0.2, -0.15) is 0 Å². The average Bonchev–Trinajstić information content (AvgIpc) is 2.28. The molecule has 1 saturated heterocycles. The number of halogens is 4. The molecule has 1 heterocycles. The summed E-state index contributed by atoms with van der Waals surface area (Å²) >= 11 is 0. The van der Waals surface area contributed by atoms with E-state index in [2.05, 4.69) is 5.32 Å². The van der Waals surface area contributed by atoms with Crippen LogP contribution in [0.1, 0.15) is 12.8 Å². The maximum Gasteiger partial charge on any atom is 0.466 e. The molecule has 11 heteroatoms. The van der Waals surface area contributed by atoms with Crippen molar-refractivity contribution in [3.63, 3.8) is 0 Å². The summed E-state index contributed by atoms with van der Waals surface area (Å²) in [5.74, 6) is 0. The fourth-order valence-corrected chi connectivity index (χ4v) is 0.625. The molecule has 0 atom stereocenters. The van der Waals surface area contributed by atoms with Crippen LogP contribution >= 0.6 is 16.3 Å². The van der Waals surface area contributed by atoms with Gasteiger partial charge in [0.05, 0.1) is 0 Å². The van der Waals surface area contributed by atoms with Gasteiger partial charge in [-0.3, -0.25) is 0 Å². The molecule has 0 unspecified atom stereocenters. The molecule has 0 saturated carbocycles. The molecule has 0 aliphatic carbocycles. The van der Waals surface area contributed by atoms with Gasteiger partial charge in [-0.15, -0.1) is 0 Å². The van der Waals surface area contributed by atoms with Gasteiger partial charge >= 0.3 is 33.1 Å². The molecule has 96 valence electrons. The van der Waals surface area contributed by atoms with Crippen LogP contribution < -0.4 is 5.32 Å². The van der Waals surface area contributed by atoms with Crippen molar-refractivity contribution in [2.45, 2.75) is 12.8 Å². The van der Waals surface area contributed by atoms with Crippen LogP contribution in [-0.2, 0) is 4.57 Å². The Hall–Kier alpha value is 0.220. The first-order valence-corrected chi connectivity index (χ1v) is 6.82. The normalized spacial score (nSPS) is 17.0. The summed E-state index contributed by atoms with van der Waals surface area (Å²) < 4.78 is 48.2. The molecule has 0 amide bonds. The van der Waals surface area contributed by atoms with E-state index in [0.29, 0.717) is 0 Å². The molecule has 0 aromatic rings. The molecule has 0 spiro atoms. The first-order valence-electron chi connectivity index (χ1n) is 3.75. The van der Waals surface area contributed by atoms with Crippen molar-refractivity contribution in [1.82, 2.24) is 5.32 Å². The third-order valence-corrected chi connectivity index (χ3v) is 0.957. The minimum absolute atomic E-state index is 1.25. The molecule has 1 fully saturated rings. The summed E-state index contributed by atoms with van der Waals surface area (Å²) in [6.45, 7) is 2.50. The maximum absolute atomic E-state index is 9.83. The molecule has 0 radical (unpaired) electrons. The van der Waals surface area contributed by atoms with Crippen molar-refractivity contribution >= 4 is 16.3 Å². The van der Waals surface area contributed by atoms with E-state index in [9.17, 15) is 16.8 Å². The van der Waals surface area contributed by atoms with Gasteiger partial charge in [0.1, 0.15) is 0 Å². The minimum atomic E-state index is -6.61. The van der Waals surface area contributed by atoms with Crippen LogP contribution in [0.5, 0.6) is 0 Å². The Morgan fingerprint density at radius 2 is 1.20 bits per heavy atom. The van der Waals surface area contributed by atoms with Crippen molar-refractivity contribution in [2.24, 2.45) is 0 Å². The SMILES string of the molecule is C1CCNC1.F[PH](F)(F)F.O=P(O)(O)O. The Labute approximate surface area is 84.6 Å². The molecule has 1 rings (SSSR count). The molecular formula is C4H13F4NO4P2. The average molecular weight is 277 g/mol. The number of nitrogens with one attached hydrogen (secondary N) is 1. The Kier molecular flexibility index (Phi) is 9.84. The van der Waals surface area contributed by atoms with Crippen molar-refractivity contribution < 1.29 is 36.0 Å². The summed E-state index contributed by atoms with van der Waals surface area (Å²) in [4.78, 5) is 21.6. The van der Waals surface area contributed by atoms with Crippen molar-refractivity contribution in [3.8, 4) is 0 Å². The van der Waals surface area contributed by atoms with E-state index >= 15 is 0 Å². The third-order valence-electron chi connectivity index (χ3n) is 0.957. The molecule has 0 aromatic heterocycles. The van der Waals surface area contributed by atoms with E-state index in [1.54, 1.807) is 0 Å². The second-order valence-electron chi connectivity index (χ2n) is 2.40. The van der Waals surface area contributed by atoms with Crippen LogP contribution in [0.3, 0.4) is 0 Å². The van der Waals surface area contributed by atoms with Crippen molar-refractivity contribution in [2.75, 3.05) is 13.1 Å². The molecule has 0 aromatic carbocycles. The van der Waals surface area contributed by atoms with Gasteiger partial charge in [-0.1, -0.05) is 0 Å². The second-order valence-corrected chi connectivity index (χ2v) is 4.28. The Bertz CT molecular complexity index is 170. The van der Waals surface area contributed by atoms with Gasteiger partial charge in [0.25, 0.3) is 0 Å². The van der Waals surface area contributed by atoms with Gasteiger partial charge in [0.15, 0.2) is 0 Å². The number of rotatable bonds is 0. The van der Waals surface area contributed by atoms with Crippen molar-refractivity contribution in [3.05, 3.63) is 0 Å². The zero-order valence-electron chi connectivity index (χ0n) is 7.54. The smallest absolute Gasteiger partial charge is 0.303 e. The zero-order valence-corrected chi connectivity index (χ0v) is 9.43. The van der Waals surface area contributed by atoms with Gasteiger partial charge in [0, 0.05) is 0 Å². The summed E-state index contributed by atoms with van der Waals surface area (Å²) in [5, 5.41) is 3.22. The largest absolute Gasteiger partial charge is 0.466 e. The fourth-order valence-electron chi connectivity index (χ4n) is 0.625. The number of hydrogen-bond donors (Lipinski definition) is 4. The zero-order chi connectivity index (χ0) is 12.5. The molecule has 4 N–H and O–H groups in total. The van der Waals surface area contributed by atoms with Gasteiger partial charge < -0.3 is 20.0 Å². The minimum Gasteiger partial charge on any atom is -0.303 e. The first kappa shape index (κ1) is 17.6. The molecule has 1 aliphatic rings. The topological polar surface area (TPSA) is 89.8 Å². The van der Waals surface area contributed by atoms with E-state index in [0.717, 1.165) is 0 Å². The summed E-state index contributed by atoms with van der Waals surface area (Å²) in [6, 6.07) is 0. The standard InChI is InChI=1S/C4H9N.F4HP.H3O4P/c1-2-4-5-3-1;2*1-5(2,3)4/h5H,1-4H2;5H;(H3,1,2,3,4). The molecule has 1 aliphatic heterocycles. The number of hydrogen-bond acceptors (Lipinski definition) is 2. The predicted octanol–water partition coefficient (Wildman–Crippen LogP) is 1.72. The number of phosphoric acid groups is 1. The quantitative estimate of drug-likeness (QED) is 0.400. The molecular weight excluding hydrogens is 264 g/mol. The summed E-state index contributed by atoms with van der Waals surface area (Å²) in [7, 11) is -11.2. The van der Waals surface area contributed by atoms with Gasteiger partial charge in [0.2, 0.25) is 0 Å². The van der Waals surface area contributed by atoms with Crippen molar-refractivity contribution in [1.29, 1.82) is 0 Å². The third kappa shape index (κ3) is 77.9. The van der Waals surface area contributed by atoms with Crippen LogP contribution in [0.25, 0.3) is 0 Å². The van der Waals surface area contributed by atoms with Crippen LogP contribution in [0.15, 0.2) is 0 Å². The van der Waals surface area contributed by atoms with E-state index in [1.807, 2.05) is 0 Å². The summed E-state index contributed by atoms with van der Waals surface area (Å²) in [5.41, 5.74) is 0. The summed E-state index contributed by atoms with van der Waals surface area (Å²) in [6.07, 6.45) is 2.78. The van der Waals surface area contributed by atoms with Gasteiger partial charge in [-0.25, -0.2) is 4.57 Å². The fraction of sp³-hybridized carbons (Fsp3) is 1.00. The van der Waals surface area contributed by atoms with E-state index in [1.165, 1.54) is 25.9 Å². The second kappa shape index (κ2) is 8.38. The first-order chi connectivity index (χ1) is 6.50. The Balaban J connectivity index is 0. The van der Waals surface area contributed by atoms with Crippen LogP contribution in [0, 0.1) is 0 Å². The molecule has 0 bridgehead atoms. The van der Waals surface area contributed by atoms with E-state index in [-0.39, 0.29) is 0 Å². The molecule has 15 heavy (non-hydrogen) atoms. The maximum atomic E-state index is 9.83. The van der Waals surface area contributed by atoms with E-state index < -0.39 is 16.3 Å².